The Kier molecular flexibility index (Phi) is 8.52. The number of rotatable bonds is 6. The van der Waals surface area contributed by atoms with Gasteiger partial charge in [-0.05, 0) is 67.4 Å². The number of nitrogens with two attached hydrogens (primary N) is 1. The maximum Gasteiger partial charge on any atom is 0.321 e. The average molecular weight is 563 g/mol. The number of nitrogens with zero attached hydrogens (tertiary/aromatic N) is 3. The number of hydrogen-bond acceptors (Lipinski definition) is 3. The minimum absolute atomic E-state index is 0.0472. The second-order valence-corrected chi connectivity index (χ2v) is 11.3. The molecule has 0 aromatic heterocycles. The topological polar surface area (TPSA) is 52.8 Å². The van der Waals surface area contributed by atoms with E-state index in [4.69, 9.17) is 5.73 Å². The molecule has 1 saturated heterocycles. The molecule has 0 aliphatic carbocycles. The Bertz CT molecular complexity index is 1390. The molecule has 2 aliphatic rings. The lowest BCUT2D eigenvalue weighted by Crippen LogP contribution is -2.54. The van der Waals surface area contributed by atoms with Crippen molar-refractivity contribution in [2.75, 3.05) is 33.7 Å². The number of benzene rings is 3. The number of urea groups is 1. The molecule has 2 N–H and O–H groups in total. The number of amides is 2. The highest BCUT2D eigenvalue weighted by Crippen LogP contribution is 2.46. The Morgan fingerprint density at radius 2 is 1.76 bits per heavy atom. The summed E-state index contributed by atoms with van der Waals surface area (Å²) in [7, 11) is 3.59. The Balaban J connectivity index is 1.61. The molecule has 3 aromatic carbocycles. The van der Waals surface area contributed by atoms with E-state index in [0.29, 0.717) is 31.5 Å². The molecule has 0 bridgehead atoms. The van der Waals surface area contributed by atoms with Gasteiger partial charge in [-0.25, -0.2) is 18.0 Å². The van der Waals surface area contributed by atoms with Crippen molar-refractivity contribution in [1.82, 2.24) is 14.7 Å². The van der Waals surface area contributed by atoms with Gasteiger partial charge in [0.2, 0.25) is 0 Å². The van der Waals surface area contributed by atoms with Crippen LogP contribution in [0.3, 0.4) is 0 Å². The summed E-state index contributed by atoms with van der Waals surface area (Å²) in [5.41, 5.74) is 8.05. The van der Waals surface area contributed by atoms with Crippen LogP contribution >= 0.6 is 0 Å². The Hall–Kier alpha value is -3.62. The van der Waals surface area contributed by atoms with Gasteiger partial charge in [0.1, 0.15) is 17.8 Å². The van der Waals surface area contributed by atoms with Crippen LogP contribution in [0, 0.1) is 11.6 Å². The molecule has 216 valence electrons. The van der Waals surface area contributed by atoms with E-state index in [-0.39, 0.29) is 30.6 Å². The molecular formula is C33H37F3N4O. The Morgan fingerprint density at radius 1 is 1.07 bits per heavy atom. The standard InChI is InChI=1S/C33H37F3N4O/c1-38-16-15-28(17-27(35)22-38)39(2)32(41)40-21-24(29-18-26(34)13-14-30(29)36)19-33(40,25-11-7-4-8-12-25)20-31(37)23-9-5-3-6-10-23/h3-14,18-19,27-28,31H,15-17,20-22,37H2,1-2H3/t27?,28?,31?,33-/m1/s1. The highest BCUT2D eigenvalue weighted by atomic mass is 19.1. The first-order valence-electron chi connectivity index (χ1n) is 14.1. The number of hydrogen-bond donors (Lipinski definition) is 1. The highest BCUT2D eigenvalue weighted by molar-refractivity contribution is 5.83. The largest absolute Gasteiger partial charge is 0.325 e. The number of halogens is 3. The average Bonchev–Trinajstić information content (AvgIpc) is 3.27. The molecule has 3 unspecified atom stereocenters. The first-order valence-corrected chi connectivity index (χ1v) is 14.1. The van der Waals surface area contributed by atoms with E-state index < -0.39 is 29.4 Å². The molecule has 2 aliphatic heterocycles. The van der Waals surface area contributed by atoms with E-state index in [2.05, 4.69) is 0 Å². The number of carbonyl (C=O) groups is 1. The molecule has 0 saturated carbocycles. The van der Waals surface area contributed by atoms with Crippen molar-refractivity contribution in [3.05, 3.63) is 113 Å². The molecule has 0 radical (unpaired) electrons. The molecule has 3 aromatic rings. The fourth-order valence-corrected chi connectivity index (χ4v) is 6.26. The third-order valence-corrected chi connectivity index (χ3v) is 8.49. The van der Waals surface area contributed by atoms with Crippen molar-refractivity contribution in [2.45, 2.75) is 43.1 Å². The van der Waals surface area contributed by atoms with Gasteiger partial charge < -0.3 is 20.4 Å². The van der Waals surface area contributed by atoms with Gasteiger partial charge in [-0.3, -0.25) is 0 Å². The third-order valence-electron chi connectivity index (χ3n) is 8.49. The van der Waals surface area contributed by atoms with Crippen LogP contribution in [-0.4, -0.2) is 66.7 Å². The molecule has 4 atom stereocenters. The zero-order valence-electron chi connectivity index (χ0n) is 23.5. The van der Waals surface area contributed by atoms with E-state index in [1.807, 2.05) is 78.7 Å². The van der Waals surface area contributed by atoms with Gasteiger partial charge >= 0.3 is 6.03 Å². The van der Waals surface area contributed by atoms with Crippen LogP contribution in [0.1, 0.15) is 42.0 Å². The van der Waals surface area contributed by atoms with Crippen LogP contribution in [0.25, 0.3) is 5.57 Å². The molecule has 8 heteroatoms. The van der Waals surface area contributed by atoms with Gasteiger partial charge in [0.25, 0.3) is 0 Å². The van der Waals surface area contributed by atoms with Crippen molar-refractivity contribution in [3.63, 3.8) is 0 Å². The molecular weight excluding hydrogens is 525 g/mol. The normalized spacial score (nSPS) is 24.0. The quantitative estimate of drug-likeness (QED) is 0.393. The van der Waals surface area contributed by atoms with E-state index in [9.17, 15) is 13.6 Å². The Morgan fingerprint density at radius 3 is 2.46 bits per heavy atom. The summed E-state index contributed by atoms with van der Waals surface area (Å²) in [5, 5.41) is 0. The maximum atomic E-state index is 15.1. The second kappa shape index (κ2) is 12.1. The monoisotopic (exact) mass is 562 g/mol. The minimum atomic E-state index is -1.06. The van der Waals surface area contributed by atoms with Crippen LogP contribution in [0.15, 0.2) is 84.9 Å². The van der Waals surface area contributed by atoms with Crippen LogP contribution in [-0.2, 0) is 5.54 Å². The Labute approximate surface area is 240 Å². The zero-order valence-corrected chi connectivity index (χ0v) is 23.5. The van der Waals surface area contributed by atoms with E-state index >= 15 is 4.39 Å². The van der Waals surface area contributed by atoms with Crippen molar-refractivity contribution < 1.29 is 18.0 Å². The lowest BCUT2D eigenvalue weighted by molar-refractivity contribution is 0.102. The fourth-order valence-electron chi connectivity index (χ4n) is 6.26. The molecule has 5 nitrogen and oxygen atoms in total. The lowest BCUT2D eigenvalue weighted by atomic mass is 9.81. The van der Waals surface area contributed by atoms with E-state index in [1.165, 1.54) is 6.07 Å². The van der Waals surface area contributed by atoms with Crippen molar-refractivity contribution in [2.24, 2.45) is 5.73 Å². The summed E-state index contributed by atoms with van der Waals surface area (Å²) < 4.78 is 44.2. The molecule has 5 rings (SSSR count). The highest BCUT2D eigenvalue weighted by Gasteiger charge is 2.47. The van der Waals surface area contributed by atoms with Crippen LogP contribution in [0.4, 0.5) is 18.0 Å². The molecule has 2 heterocycles. The minimum Gasteiger partial charge on any atom is -0.325 e. The summed E-state index contributed by atoms with van der Waals surface area (Å²) >= 11 is 0. The lowest BCUT2D eigenvalue weighted by Gasteiger charge is -2.43. The van der Waals surface area contributed by atoms with Crippen LogP contribution in [0.2, 0.25) is 0 Å². The van der Waals surface area contributed by atoms with Crippen molar-refractivity contribution in [1.29, 1.82) is 0 Å². The predicted octanol–water partition coefficient (Wildman–Crippen LogP) is 6.13. The SMILES string of the molecule is CN1CCC(N(C)C(=O)N2CC(c3cc(F)ccc3F)=C[C@@]2(CC(N)c2ccccc2)c2ccccc2)CC(F)C1. The first-order chi connectivity index (χ1) is 19.7. The maximum absolute atomic E-state index is 15.1. The van der Waals surface area contributed by atoms with E-state index in [1.54, 1.807) is 16.8 Å². The first kappa shape index (κ1) is 28.9. The van der Waals surface area contributed by atoms with Gasteiger partial charge in [-0.1, -0.05) is 60.7 Å². The van der Waals surface area contributed by atoms with Gasteiger partial charge in [-0.2, -0.15) is 0 Å². The predicted molar refractivity (Wildman–Crippen MR) is 156 cm³/mol. The summed E-state index contributed by atoms with van der Waals surface area (Å²) in [6.07, 6.45) is 1.99. The van der Waals surface area contributed by atoms with Gasteiger partial charge in [-0.15, -0.1) is 0 Å². The summed E-state index contributed by atoms with van der Waals surface area (Å²) in [6, 6.07) is 21.4. The van der Waals surface area contributed by atoms with Gasteiger partial charge in [0.15, 0.2) is 0 Å². The molecule has 2 amide bonds. The smallest absolute Gasteiger partial charge is 0.321 e. The number of carbonyl (C=O) groups excluding carboxylic acids is 1. The van der Waals surface area contributed by atoms with Crippen LogP contribution < -0.4 is 5.73 Å². The van der Waals surface area contributed by atoms with Crippen molar-refractivity contribution in [3.8, 4) is 0 Å². The number of alkyl halides is 1. The summed E-state index contributed by atoms with van der Waals surface area (Å²) in [4.78, 5) is 19.7. The van der Waals surface area contributed by atoms with Crippen LogP contribution in [0.5, 0.6) is 0 Å². The summed E-state index contributed by atoms with van der Waals surface area (Å²) in [6.45, 7) is 1.04. The summed E-state index contributed by atoms with van der Waals surface area (Å²) in [5.74, 6) is -1.13. The number of likely N-dealkylation sites (tertiary alicyclic amines) is 1. The van der Waals surface area contributed by atoms with Gasteiger partial charge in [0, 0.05) is 44.2 Å². The third kappa shape index (κ3) is 6.04. The van der Waals surface area contributed by atoms with Gasteiger partial charge in [0.05, 0.1) is 5.54 Å². The molecule has 0 spiro atoms. The molecule has 1 fully saturated rings. The zero-order chi connectivity index (χ0) is 29.1. The van der Waals surface area contributed by atoms with Crippen molar-refractivity contribution >= 4 is 11.6 Å². The molecule has 41 heavy (non-hydrogen) atoms. The second-order valence-electron chi connectivity index (χ2n) is 11.3. The fraction of sp³-hybridized carbons (Fsp3) is 0.364. The van der Waals surface area contributed by atoms with E-state index in [0.717, 1.165) is 23.3 Å².